The molecule has 39 heavy (non-hydrogen) atoms. The van der Waals surface area contributed by atoms with Gasteiger partial charge in [0.2, 0.25) is 5.91 Å². The molecule has 4 rings (SSSR count). The maximum Gasteiger partial charge on any atom is 0.248 e. The fourth-order valence-corrected chi connectivity index (χ4v) is 5.42. The molecular weight excluding hydrogens is 494 g/mol. The molecule has 7 heteroatoms. The Morgan fingerprint density at radius 1 is 0.769 bits per heavy atom. The van der Waals surface area contributed by atoms with Crippen molar-refractivity contribution in [3.8, 4) is 0 Å². The molecule has 0 bridgehead atoms. The molecule has 7 nitrogen and oxygen atoms in total. The Hall–Kier alpha value is -2.29. The lowest BCUT2D eigenvalue weighted by Crippen LogP contribution is -2.41. The van der Waals surface area contributed by atoms with E-state index in [-0.39, 0.29) is 43.0 Å². The third kappa shape index (κ3) is 9.12. The molecule has 0 aliphatic carbocycles. The summed E-state index contributed by atoms with van der Waals surface area (Å²) in [5.41, 5.74) is 1.99. The monoisotopic (exact) mass is 539 g/mol. The highest BCUT2D eigenvalue weighted by atomic mass is 16.7. The first-order chi connectivity index (χ1) is 19.1. The zero-order chi connectivity index (χ0) is 27.5. The van der Waals surface area contributed by atoms with Gasteiger partial charge in [-0.2, -0.15) is 0 Å². The summed E-state index contributed by atoms with van der Waals surface area (Å²) in [6.45, 7) is 2.24. The smallest absolute Gasteiger partial charge is 0.248 e. The Bertz CT molecular complexity index is 973. The average molecular weight is 540 g/mol. The third-order valence-electron chi connectivity index (χ3n) is 7.64. The minimum atomic E-state index is -0.533. The highest BCUT2D eigenvalue weighted by molar-refractivity contribution is 5.75. The number of hydroxylamine groups is 2. The van der Waals surface area contributed by atoms with Crippen molar-refractivity contribution in [2.75, 3.05) is 14.2 Å². The fourth-order valence-electron chi connectivity index (χ4n) is 5.42. The highest BCUT2D eigenvalue weighted by Crippen LogP contribution is 2.38. The van der Waals surface area contributed by atoms with Crippen molar-refractivity contribution in [2.24, 2.45) is 0 Å². The fraction of sp³-hybridized carbons (Fsp3) is 0.594. The van der Waals surface area contributed by atoms with Gasteiger partial charge in [-0.1, -0.05) is 99.7 Å². The highest BCUT2D eigenvalue weighted by Gasteiger charge is 2.37. The standard InChI is InChI=1S/C32H45NO6/c1-4-5-6-7-14-19-26-20-27(37-31(36-26)24-15-10-8-11-16-24)21-28-22-29(23-30(34)33(2)35-3)39-32(38-28)25-17-12-9-13-18-25/h8-13,15-18,26-29,31-32H,4-7,14,19-23H2,1-3H3/t26-,27-,28-,29-,31-,32-/m1/s1. The van der Waals surface area contributed by atoms with Gasteiger partial charge >= 0.3 is 0 Å². The lowest BCUT2D eigenvalue weighted by molar-refractivity contribution is -0.278. The molecule has 6 atom stereocenters. The Morgan fingerprint density at radius 3 is 1.85 bits per heavy atom. The maximum atomic E-state index is 12.6. The molecule has 2 aromatic rings. The van der Waals surface area contributed by atoms with Gasteiger partial charge in [-0.15, -0.1) is 0 Å². The molecule has 2 aliphatic rings. The van der Waals surface area contributed by atoms with Gasteiger partial charge in [-0.3, -0.25) is 9.63 Å². The van der Waals surface area contributed by atoms with E-state index in [2.05, 4.69) is 19.1 Å². The summed E-state index contributed by atoms with van der Waals surface area (Å²) in [4.78, 5) is 17.7. The molecule has 0 N–H and O–H groups in total. The van der Waals surface area contributed by atoms with E-state index in [1.807, 2.05) is 48.5 Å². The molecule has 0 unspecified atom stereocenters. The molecular formula is C32H45NO6. The van der Waals surface area contributed by atoms with Gasteiger partial charge in [-0.05, 0) is 6.42 Å². The van der Waals surface area contributed by atoms with Gasteiger partial charge in [0.15, 0.2) is 12.6 Å². The number of ether oxygens (including phenoxy) is 4. The molecule has 1 amide bonds. The molecule has 2 saturated heterocycles. The van der Waals surface area contributed by atoms with Crippen LogP contribution in [0.4, 0.5) is 0 Å². The Morgan fingerprint density at radius 2 is 1.28 bits per heavy atom. The van der Waals surface area contributed by atoms with Gasteiger partial charge < -0.3 is 18.9 Å². The molecule has 214 valence electrons. The second kappa shape index (κ2) is 15.5. The van der Waals surface area contributed by atoms with Crippen molar-refractivity contribution < 1.29 is 28.6 Å². The number of benzene rings is 2. The largest absolute Gasteiger partial charge is 0.345 e. The zero-order valence-corrected chi connectivity index (χ0v) is 23.7. The van der Waals surface area contributed by atoms with Crippen molar-refractivity contribution in [1.82, 2.24) is 5.06 Å². The van der Waals surface area contributed by atoms with Crippen LogP contribution in [0.2, 0.25) is 0 Å². The van der Waals surface area contributed by atoms with E-state index in [1.165, 1.54) is 44.3 Å². The van der Waals surface area contributed by atoms with Crippen LogP contribution >= 0.6 is 0 Å². The molecule has 0 radical (unpaired) electrons. The number of nitrogens with zero attached hydrogens (tertiary/aromatic N) is 1. The Labute approximate surface area is 233 Å². The van der Waals surface area contributed by atoms with Crippen molar-refractivity contribution >= 4 is 5.91 Å². The van der Waals surface area contributed by atoms with Crippen molar-refractivity contribution in [3.63, 3.8) is 0 Å². The lowest BCUT2D eigenvalue weighted by atomic mass is 9.95. The van der Waals surface area contributed by atoms with E-state index < -0.39 is 6.29 Å². The SMILES string of the molecule is CCCCCCC[C@@H]1C[C@H](C[C@@H]2C[C@H](CC(=O)N(C)OC)O[C@H](c3ccccc3)O2)O[C@H](c2ccccc2)O1. The number of carbonyl (C=O) groups is 1. The van der Waals surface area contributed by atoms with Crippen LogP contribution in [0.1, 0.15) is 94.8 Å². The summed E-state index contributed by atoms with van der Waals surface area (Å²) in [5.74, 6) is -0.121. The quantitative estimate of drug-likeness (QED) is 0.204. The Kier molecular flexibility index (Phi) is 11.8. The van der Waals surface area contributed by atoms with Gasteiger partial charge in [-0.25, -0.2) is 5.06 Å². The van der Waals surface area contributed by atoms with Crippen LogP contribution in [-0.4, -0.2) is 49.5 Å². The molecule has 0 saturated carbocycles. The third-order valence-corrected chi connectivity index (χ3v) is 7.64. The van der Waals surface area contributed by atoms with E-state index in [1.54, 1.807) is 7.05 Å². The van der Waals surface area contributed by atoms with Crippen LogP contribution in [0, 0.1) is 0 Å². The van der Waals surface area contributed by atoms with Crippen molar-refractivity contribution in [1.29, 1.82) is 0 Å². The van der Waals surface area contributed by atoms with Gasteiger partial charge in [0.1, 0.15) is 0 Å². The molecule has 2 aliphatic heterocycles. The van der Waals surface area contributed by atoms with Crippen LogP contribution in [0.15, 0.2) is 60.7 Å². The minimum absolute atomic E-state index is 0.0119. The van der Waals surface area contributed by atoms with E-state index in [0.29, 0.717) is 6.42 Å². The Balaban J connectivity index is 1.44. The molecule has 0 aromatic heterocycles. The summed E-state index contributed by atoms with van der Waals surface area (Å²) in [6, 6.07) is 20.1. The zero-order valence-electron chi connectivity index (χ0n) is 23.7. The van der Waals surface area contributed by atoms with Crippen LogP contribution in [0.3, 0.4) is 0 Å². The number of hydrogen-bond acceptors (Lipinski definition) is 6. The lowest BCUT2D eigenvalue weighted by Gasteiger charge is -2.40. The predicted molar refractivity (Wildman–Crippen MR) is 149 cm³/mol. The van der Waals surface area contributed by atoms with E-state index in [0.717, 1.165) is 30.4 Å². The maximum absolute atomic E-state index is 12.6. The van der Waals surface area contributed by atoms with Crippen molar-refractivity contribution in [3.05, 3.63) is 71.8 Å². The predicted octanol–water partition coefficient (Wildman–Crippen LogP) is 6.89. The topological polar surface area (TPSA) is 66.5 Å². The number of hydrogen-bond donors (Lipinski definition) is 0. The van der Waals surface area contributed by atoms with Crippen LogP contribution in [0.25, 0.3) is 0 Å². The van der Waals surface area contributed by atoms with Crippen LogP contribution in [-0.2, 0) is 28.6 Å². The summed E-state index contributed by atoms with van der Waals surface area (Å²) >= 11 is 0. The number of amides is 1. The molecule has 2 heterocycles. The number of unbranched alkanes of at least 4 members (excludes halogenated alkanes) is 4. The first kappa shape index (κ1) is 29.7. The summed E-state index contributed by atoms with van der Waals surface area (Å²) in [6.07, 6.45) is 8.48. The first-order valence-corrected chi connectivity index (χ1v) is 14.6. The summed E-state index contributed by atoms with van der Waals surface area (Å²) in [7, 11) is 3.11. The first-order valence-electron chi connectivity index (χ1n) is 14.6. The van der Waals surface area contributed by atoms with Crippen LogP contribution in [0.5, 0.6) is 0 Å². The molecule has 2 aromatic carbocycles. The minimum Gasteiger partial charge on any atom is -0.345 e. The van der Waals surface area contributed by atoms with E-state index >= 15 is 0 Å². The van der Waals surface area contributed by atoms with Crippen molar-refractivity contribution in [2.45, 2.75) is 108 Å². The van der Waals surface area contributed by atoms with E-state index in [9.17, 15) is 4.79 Å². The number of carbonyl (C=O) groups excluding carboxylic acids is 1. The molecule has 2 fully saturated rings. The second-order valence-corrected chi connectivity index (χ2v) is 10.7. The van der Waals surface area contributed by atoms with E-state index in [4.69, 9.17) is 23.8 Å². The average Bonchev–Trinajstić information content (AvgIpc) is 2.97. The molecule has 0 spiro atoms. The van der Waals surface area contributed by atoms with Gasteiger partial charge in [0.25, 0.3) is 0 Å². The summed E-state index contributed by atoms with van der Waals surface area (Å²) < 4.78 is 25.7. The van der Waals surface area contributed by atoms with Gasteiger partial charge in [0, 0.05) is 37.4 Å². The van der Waals surface area contributed by atoms with Gasteiger partial charge in [0.05, 0.1) is 37.9 Å². The van der Waals surface area contributed by atoms with Crippen LogP contribution < -0.4 is 0 Å². The second-order valence-electron chi connectivity index (χ2n) is 10.7. The number of rotatable bonds is 13. The normalized spacial score (nSPS) is 27.3. The summed E-state index contributed by atoms with van der Waals surface area (Å²) in [5, 5.41) is 1.25.